The van der Waals surface area contributed by atoms with Crippen LogP contribution in [0.2, 0.25) is 0 Å². The van der Waals surface area contributed by atoms with Gasteiger partial charge in [0.1, 0.15) is 5.82 Å². The van der Waals surface area contributed by atoms with Crippen molar-refractivity contribution in [3.8, 4) is 5.69 Å². The van der Waals surface area contributed by atoms with Gasteiger partial charge in [-0.05, 0) is 60.4 Å². The zero-order valence-electron chi connectivity index (χ0n) is 22.0. The third-order valence-electron chi connectivity index (χ3n) is 6.68. The SMILES string of the molecule is O=C(CCCCCSc1nc2ccccc2c(=O)n1-c1ccc(F)cc1)NC(c1ccccc1)c1ccccc1. The fraction of sp³-hybridized carbons (Fsp3) is 0.182. The highest BCUT2D eigenvalue weighted by Gasteiger charge is 2.17. The molecule has 0 aliphatic carbocycles. The molecule has 0 aliphatic heterocycles. The van der Waals surface area contributed by atoms with E-state index in [1.54, 1.807) is 22.8 Å². The third kappa shape index (κ3) is 6.66. The number of halogens is 1. The predicted molar refractivity (Wildman–Crippen MR) is 159 cm³/mol. The Bertz CT molecular complexity index is 1580. The minimum atomic E-state index is -0.359. The summed E-state index contributed by atoms with van der Waals surface area (Å²) < 4.78 is 15.1. The van der Waals surface area contributed by atoms with Crippen molar-refractivity contribution in [1.82, 2.24) is 14.9 Å². The van der Waals surface area contributed by atoms with Crippen LogP contribution < -0.4 is 10.9 Å². The van der Waals surface area contributed by atoms with Crippen molar-refractivity contribution in [2.45, 2.75) is 36.9 Å². The molecule has 0 radical (unpaired) electrons. The summed E-state index contributed by atoms with van der Waals surface area (Å²) in [5.74, 6) is 0.402. The molecule has 0 saturated carbocycles. The van der Waals surface area contributed by atoms with Crippen LogP contribution in [0.5, 0.6) is 0 Å². The Kier molecular flexibility index (Phi) is 9.04. The van der Waals surface area contributed by atoms with E-state index in [1.165, 1.54) is 23.9 Å². The van der Waals surface area contributed by atoms with Crippen LogP contribution in [0.25, 0.3) is 16.6 Å². The number of rotatable bonds is 11. The summed E-state index contributed by atoms with van der Waals surface area (Å²) in [5, 5.41) is 4.29. The number of para-hydroxylation sites is 1. The number of carbonyl (C=O) groups excluding carboxylic acids is 1. The van der Waals surface area contributed by atoms with Crippen molar-refractivity contribution < 1.29 is 9.18 Å². The Labute approximate surface area is 237 Å². The van der Waals surface area contributed by atoms with Gasteiger partial charge < -0.3 is 5.32 Å². The second kappa shape index (κ2) is 13.2. The lowest BCUT2D eigenvalue weighted by Gasteiger charge is -2.20. The number of benzene rings is 4. The van der Waals surface area contributed by atoms with Crippen molar-refractivity contribution in [2.75, 3.05) is 5.75 Å². The zero-order chi connectivity index (χ0) is 27.7. The molecule has 4 aromatic carbocycles. The lowest BCUT2D eigenvalue weighted by molar-refractivity contribution is -0.121. The molecule has 0 saturated heterocycles. The van der Waals surface area contributed by atoms with Gasteiger partial charge in [-0.3, -0.25) is 14.2 Å². The normalized spacial score (nSPS) is 11.2. The van der Waals surface area contributed by atoms with E-state index < -0.39 is 0 Å². The van der Waals surface area contributed by atoms with Crippen LogP contribution >= 0.6 is 11.8 Å². The van der Waals surface area contributed by atoms with Crippen molar-refractivity contribution >= 4 is 28.6 Å². The van der Waals surface area contributed by atoms with E-state index in [2.05, 4.69) is 5.32 Å². The molecule has 1 aromatic heterocycles. The molecule has 0 atom stereocenters. The molecule has 40 heavy (non-hydrogen) atoms. The summed E-state index contributed by atoms with van der Waals surface area (Å²) in [7, 11) is 0. The molecule has 7 heteroatoms. The number of hydrogen-bond donors (Lipinski definition) is 1. The van der Waals surface area contributed by atoms with Gasteiger partial charge in [-0.1, -0.05) is 91.0 Å². The molecule has 5 rings (SSSR count). The molecule has 0 aliphatic rings. The second-order valence-corrected chi connectivity index (χ2v) is 10.6. The second-order valence-electron chi connectivity index (χ2n) is 9.51. The third-order valence-corrected chi connectivity index (χ3v) is 7.71. The Hall–Kier alpha value is -4.23. The van der Waals surface area contributed by atoms with Crippen molar-refractivity contribution in [3.63, 3.8) is 0 Å². The average Bonchev–Trinajstić information content (AvgIpc) is 2.99. The Balaban J connectivity index is 1.18. The minimum Gasteiger partial charge on any atom is -0.345 e. The quantitative estimate of drug-likeness (QED) is 0.108. The Morgan fingerprint density at radius 1 is 0.800 bits per heavy atom. The highest BCUT2D eigenvalue weighted by Crippen LogP contribution is 2.24. The molecule has 5 nitrogen and oxygen atoms in total. The topological polar surface area (TPSA) is 64.0 Å². The number of carbonyl (C=O) groups is 1. The van der Waals surface area contributed by atoms with E-state index >= 15 is 0 Å². The summed E-state index contributed by atoms with van der Waals surface area (Å²) in [6, 6.07) is 32.9. The lowest BCUT2D eigenvalue weighted by Crippen LogP contribution is -2.29. The number of amides is 1. The van der Waals surface area contributed by atoms with Gasteiger partial charge in [-0.25, -0.2) is 9.37 Å². The van der Waals surface area contributed by atoms with Gasteiger partial charge >= 0.3 is 0 Å². The van der Waals surface area contributed by atoms with Gasteiger partial charge in [0.15, 0.2) is 5.16 Å². The number of hydrogen-bond acceptors (Lipinski definition) is 4. The first kappa shape index (κ1) is 27.3. The summed E-state index contributed by atoms with van der Waals surface area (Å²) in [6.07, 6.45) is 2.94. The van der Waals surface area contributed by atoms with E-state index in [0.29, 0.717) is 28.2 Å². The molecular weight excluding hydrogens is 521 g/mol. The van der Waals surface area contributed by atoms with E-state index in [1.807, 2.05) is 78.9 Å². The van der Waals surface area contributed by atoms with Crippen LogP contribution in [0.1, 0.15) is 42.9 Å². The van der Waals surface area contributed by atoms with E-state index in [9.17, 15) is 14.0 Å². The fourth-order valence-corrected chi connectivity index (χ4v) is 5.65. The molecule has 0 spiro atoms. The van der Waals surface area contributed by atoms with Crippen LogP contribution in [0.4, 0.5) is 4.39 Å². The molecule has 202 valence electrons. The molecule has 1 heterocycles. The van der Waals surface area contributed by atoms with E-state index in [4.69, 9.17) is 4.98 Å². The maximum atomic E-state index is 13.5. The number of thioether (sulfide) groups is 1. The molecule has 1 N–H and O–H groups in total. The van der Waals surface area contributed by atoms with Gasteiger partial charge in [-0.2, -0.15) is 0 Å². The van der Waals surface area contributed by atoms with Crippen LogP contribution in [0, 0.1) is 5.82 Å². The van der Waals surface area contributed by atoms with E-state index in [-0.39, 0.29) is 23.3 Å². The van der Waals surface area contributed by atoms with Gasteiger partial charge in [0.05, 0.1) is 22.6 Å². The zero-order valence-corrected chi connectivity index (χ0v) is 22.8. The van der Waals surface area contributed by atoms with Gasteiger partial charge in [0.2, 0.25) is 5.91 Å². The number of nitrogens with one attached hydrogen (secondary N) is 1. The lowest BCUT2D eigenvalue weighted by atomic mass is 9.98. The largest absolute Gasteiger partial charge is 0.345 e. The molecule has 0 fully saturated rings. The minimum absolute atomic E-state index is 0.0201. The highest BCUT2D eigenvalue weighted by atomic mass is 32.2. The van der Waals surface area contributed by atoms with Crippen molar-refractivity contribution in [3.05, 3.63) is 136 Å². The summed E-state index contributed by atoms with van der Waals surface area (Å²) in [6.45, 7) is 0. The Morgan fingerprint density at radius 3 is 2.10 bits per heavy atom. The van der Waals surface area contributed by atoms with Gasteiger partial charge in [0.25, 0.3) is 5.56 Å². The smallest absolute Gasteiger partial charge is 0.266 e. The van der Waals surface area contributed by atoms with Crippen molar-refractivity contribution in [1.29, 1.82) is 0 Å². The van der Waals surface area contributed by atoms with Crippen LogP contribution in [-0.2, 0) is 4.79 Å². The van der Waals surface area contributed by atoms with Crippen LogP contribution in [0.15, 0.2) is 119 Å². The molecule has 1 amide bonds. The maximum absolute atomic E-state index is 13.5. The van der Waals surface area contributed by atoms with Crippen molar-refractivity contribution in [2.24, 2.45) is 0 Å². The maximum Gasteiger partial charge on any atom is 0.266 e. The summed E-state index contributed by atoms with van der Waals surface area (Å²) in [5.41, 5.74) is 3.14. The number of fused-ring (bicyclic) bond motifs is 1. The number of aromatic nitrogens is 2. The predicted octanol–water partition coefficient (Wildman–Crippen LogP) is 7.08. The first-order valence-electron chi connectivity index (χ1n) is 13.4. The van der Waals surface area contributed by atoms with Crippen LogP contribution in [-0.4, -0.2) is 21.2 Å². The number of nitrogens with zero attached hydrogens (tertiary/aromatic N) is 2. The number of unbranched alkanes of at least 4 members (excludes halogenated alkanes) is 2. The molecule has 0 bridgehead atoms. The van der Waals surface area contributed by atoms with E-state index in [0.717, 1.165) is 36.1 Å². The summed E-state index contributed by atoms with van der Waals surface area (Å²) in [4.78, 5) is 30.9. The molecular formula is C33H30FN3O2S. The highest BCUT2D eigenvalue weighted by molar-refractivity contribution is 7.99. The average molecular weight is 552 g/mol. The summed E-state index contributed by atoms with van der Waals surface area (Å²) >= 11 is 1.50. The monoisotopic (exact) mass is 551 g/mol. The fourth-order valence-electron chi connectivity index (χ4n) is 4.64. The molecule has 0 unspecified atom stereocenters. The first-order chi connectivity index (χ1) is 19.6. The van der Waals surface area contributed by atoms with Gasteiger partial charge in [0, 0.05) is 12.2 Å². The standard InChI is InChI=1S/C33H30FN3O2S/c34-26-19-21-27(22-20-26)37-32(39)28-16-9-10-17-29(28)35-33(37)40-23-11-3-8-18-30(38)36-31(24-12-4-1-5-13-24)25-14-6-2-7-15-25/h1-2,4-7,9-10,12-17,19-22,31H,3,8,11,18,23H2,(H,36,38). The van der Waals surface area contributed by atoms with Gasteiger partial charge in [-0.15, -0.1) is 0 Å². The van der Waals surface area contributed by atoms with Crippen LogP contribution in [0.3, 0.4) is 0 Å². The first-order valence-corrected chi connectivity index (χ1v) is 14.4. The molecule has 5 aromatic rings. The Morgan fingerprint density at radius 2 is 1.43 bits per heavy atom.